The summed E-state index contributed by atoms with van der Waals surface area (Å²) in [7, 11) is 0. The van der Waals surface area contributed by atoms with E-state index in [4.69, 9.17) is 15.0 Å². The van der Waals surface area contributed by atoms with E-state index in [9.17, 15) is 18.0 Å². The molecule has 1 saturated carbocycles. The standard InChI is InChI=1S/C6H9NO2.C2HF3O2/c8-6(9)5-3-1-7-2-4(3)5;3-2(4,5)1(6)7/h3-5,7H,1-2H2,(H,8,9);(H,6,7)/t3-,4+,5?;. The zero-order valence-corrected chi connectivity index (χ0v) is 7.99. The molecule has 2 fully saturated rings. The van der Waals surface area contributed by atoms with Gasteiger partial charge in [0.25, 0.3) is 0 Å². The van der Waals surface area contributed by atoms with Gasteiger partial charge in [0.15, 0.2) is 0 Å². The molecular formula is C8H10F3NO4. The van der Waals surface area contributed by atoms with Gasteiger partial charge in [-0.3, -0.25) is 4.79 Å². The zero-order valence-electron chi connectivity index (χ0n) is 7.99. The highest BCUT2D eigenvalue weighted by Crippen LogP contribution is 2.48. The lowest BCUT2D eigenvalue weighted by molar-refractivity contribution is -0.192. The first-order chi connectivity index (χ1) is 7.25. The fourth-order valence-corrected chi connectivity index (χ4v) is 1.78. The van der Waals surface area contributed by atoms with Gasteiger partial charge in [-0.15, -0.1) is 0 Å². The van der Waals surface area contributed by atoms with Crippen LogP contribution in [-0.4, -0.2) is 41.4 Å². The van der Waals surface area contributed by atoms with Crippen molar-refractivity contribution >= 4 is 11.9 Å². The van der Waals surface area contributed by atoms with Gasteiger partial charge in [-0.1, -0.05) is 0 Å². The van der Waals surface area contributed by atoms with Crippen molar-refractivity contribution in [1.82, 2.24) is 5.32 Å². The Morgan fingerprint density at radius 1 is 1.12 bits per heavy atom. The predicted molar refractivity (Wildman–Crippen MR) is 44.7 cm³/mol. The molecule has 0 aromatic carbocycles. The Kier molecular flexibility index (Phi) is 3.41. The third-order valence-corrected chi connectivity index (χ3v) is 2.62. The number of halogens is 3. The Bertz CT molecular complexity index is 294. The summed E-state index contributed by atoms with van der Waals surface area (Å²) in [5, 5.41) is 18.8. The van der Waals surface area contributed by atoms with Crippen LogP contribution in [0.1, 0.15) is 0 Å². The molecule has 1 unspecified atom stereocenters. The molecule has 0 aromatic rings. The van der Waals surface area contributed by atoms with Gasteiger partial charge >= 0.3 is 18.1 Å². The van der Waals surface area contributed by atoms with Crippen LogP contribution in [0.3, 0.4) is 0 Å². The molecule has 8 heteroatoms. The van der Waals surface area contributed by atoms with Gasteiger partial charge in [-0.05, 0) is 24.9 Å². The van der Waals surface area contributed by atoms with Crippen molar-refractivity contribution in [3.8, 4) is 0 Å². The summed E-state index contributed by atoms with van der Waals surface area (Å²) < 4.78 is 31.7. The Labute approximate surface area is 88.2 Å². The van der Waals surface area contributed by atoms with Crippen molar-refractivity contribution < 1.29 is 33.0 Å². The minimum absolute atomic E-state index is 0.00810. The molecule has 1 aliphatic carbocycles. The minimum atomic E-state index is -5.08. The van der Waals surface area contributed by atoms with Gasteiger partial charge in [-0.2, -0.15) is 13.2 Å². The van der Waals surface area contributed by atoms with Gasteiger partial charge in [-0.25, -0.2) is 4.79 Å². The van der Waals surface area contributed by atoms with Gasteiger partial charge in [0, 0.05) is 0 Å². The molecule has 0 radical (unpaired) electrons. The van der Waals surface area contributed by atoms with Crippen LogP contribution in [0.15, 0.2) is 0 Å². The molecule has 0 aromatic heterocycles. The number of piperidine rings is 1. The van der Waals surface area contributed by atoms with Crippen LogP contribution in [0.4, 0.5) is 13.2 Å². The maximum Gasteiger partial charge on any atom is 0.490 e. The number of aliphatic carboxylic acids is 2. The van der Waals surface area contributed by atoms with E-state index in [0.29, 0.717) is 11.8 Å². The van der Waals surface area contributed by atoms with Crippen molar-refractivity contribution in [1.29, 1.82) is 0 Å². The summed E-state index contributed by atoms with van der Waals surface area (Å²) >= 11 is 0. The molecule has 5 nitrogen and oxygen atoms in total. The van der Waals surface area contributed by atoms with E-state index in [0.717, 1.165) is 13.1 Å². The first-order valence-electron chi connectivity index (χ1n) is 4.48. The highest BCUT2D eigenvalue weighted by molar-refractivity contribution is 5.74. The molecule has 2 rings (SSSR count). The van der Waals surface area contributed by atoms with Crippen molar-refractivity contribution in [3.05, 3.63) is 0 Å². The molecule has 0 spiro atoms. The second kappa shape index (κ2) is 4.28. The van der Waals surface area contributed by atoms with Crippen LogP contribution in [-0.2, 0) is 9.59 Å². The highest BCUT2D eigenvalue weighted by Gasteiger charge is 2.57. The number of carbonyl (C=O) groups is 2. The first kappa shape index (κ1) is 12.8. The SMILES string of the molecule is O=C(O)C(F)(F)F.O=C(O)C1[C@H]2CNC[C@@H]12. The van der Waals surface area contributed by atoms with Gasteiger partial charge in [0.2, 0.25) is 0 Å². The van der Waals surface area contributed by atoms with Crippen LogP contribution in [0.25, 0.3) is 0 Å². The maximum absolute atomic E-state index is 10.6. The molecule has 1 aliphatic heterocycles. The van der Waals surface area contributed by atoms with Crippen LogP contribution in [0, 0.1) is 17.8 Å². The summed E-state index contributed by atoms with van der Waals surface area (Å²) in [4.78, 5) is 19.2. The number of fused-ring (bicyclic) bond motifs is 1. The number of nitrogens with one attached hydrogen (secondary N) is 1. The molecule has 2 aliphatic rings. The van der Waals surface area contributed by atoms with E-state index in [1.165, 1.54) is 0 Å². The van der Waals surface area contributed by atoms with Crippen LogP contribution >= 0.6 is 0 Å². The average Bonchev–Trinajstić information content (AvgIpc) is 2.62. The predicted octanol–water partition coefficient (Wildman–Crippen LogP) is 0.170. The first-order valence-corrected chi connectivity index (χ1v) is 4.48. The monoisotopic (exact) mass is 241 g/mol. The third-order valence-electron chi connectivity index (χ3n) is 2.62. The third kappa shape index (κ3) is 2.84. The van der Waals surface area contributed by atoms with Gasteiger partial charge < -0.3 is 15.5 Å². The van der Waals surface area contributed by atoms with Crippen molar-refractivity contribution in [2.24, 2.45) is 17.8 Å². The smallest absolute Gasteiger partial charge is 0.481 e. The second-order valence-corrected chi connectivity index (χ2v) is 3.65. The maximum atomic E-state index is 10.6. The molecule has 1 saturated heterocycles. The summed E-state index contributed by atoms with van der Waals surface area (Å²) in [5.41, 5.74) is 0. The highest BCUT2D eigenvalue weighted by atomic mass is 19.4. The van der Waals surface area contributed by atoms with E-state index >= 15 is 0 Å². The largest absolute Gasteiger partial charge is 0.490 e. The van der Waals surface area contributed by atoms with E-state index in [1.807, 2.05) is 0 Å². The second-order valence-electron chi connectivity index (χ2n) is 3.65. The minimum Gasteiger partial charge on any atom is -0.481 e. The van der Waals surface area contributed by atoms with Gasteiger partial charge in [0.05, 0.1) is 5.92 Å². The van der Waals surface area contributed by atoms with E-state index in [-0.39, 0.29) is 5.92 Å². The molecule has 3 atom stereocenters. The normalized spacial score (nSPS) is 31.1. The van der Waals surface area contributed by atoms with E-state index in [2.05, 4.69) is 5.32 Å². The quantitative estimate of drug-likeness (QED) is 0.609. The fraction of sp³-hybridized carbons (Fsp3) is 0.750. The molecule has 0 amide bonds. The number of carboxylic acids is 2. The summed E-state index contributed by atoms with van der Waals surface area (Å²) in [6.07, 6.45) is -5.08. The van der Waals surface area contributed by atoms with Crippen molar-refractivity contribution in [3.63, 3.8) is 0 Å². The van der Waals surface area contributed by atoms with Crippen molar-refractivity contribution in [2.45, 2.75) is 6.18 Å². The molecular weight excluding hydrogens is 231 g/mol. The Hall–Kier alpha value is -1.31. The topological polar surface area (TPSA) is 86.6 Å². The molecule has 92 valence electrons. The van der Waals surface area contributed by atoms with Gasteiger partial charge in [0.1, 0.15) is 0 Å². The number of alkyl halides is 3. The lowest BCUT2D eigenvalue weighted by atomic mass is 10.3. The Morgan fingerprint density at radius 2 is 1.50 bits per heavy atom. The van der Waals surface area contributed by atoms with Crippen molar-refractivity contribution in [2.75, 3.05) is 13.1 Å². The number of hydrogen-bond donors (Lipinski definition) is 3. The Morgan fingerprint density at radius 3 is 1.69 bits per heavy atom. The zero-order chi connectivity index (χ0) is 12.5. The molecule has 0 bridgehead atoms. The lowest BCUT2D eigenvalue weighted by Gasteiger charge is -1.96. The van der Waals surface area contributed by atoms with Crippen LogP contribution in [0.5, 0.6) is 0 Å². The van der Waals surface area contributed by atoms with Crippen LogP contribution in [0.2, 0.25) is 0 Å². The fourth-order valence-electron chi connectivity index (χ4n) is 1.78. The van der Waals surface area contributed by atoms with E-state index < -0.39 is 18.1 Å². The number of rotatable bonds is 1. The van der Waals surface area contributed by atoms with Crippen LogP contribution < -0.4 is 5.32 Å². The summed E-state index contributed by atoms with van der Waals surface area (Å²) in [6.45, 7) is 1.84. The molecule has 16 heavy (non-hydrogen) atoms. The summed E-state index contributed by atoms with van der Waals surface area (Å²) in [6, 6.07) is 0. The molecule has 3 N–H and O–H groups in total. The molecule has 1 heterocycles. The number of hydrogen-bond acceptors (Lipinski definition) is 3. The average molecular weight is 241 g/mol. The summed E-state index contributed by atoms with van der Waals surface area (Å²) in [5.74, 6) is -2.45. The van der Waals surface area contributed by atoms with E-state index in [1.54, 1.807) is 0 Å². The number of carboxylic acid groups (broad SMARTS) is 2. The Balaban J connectivity index is 0.000000168. The lowest BCUT2D eigenvalue weighted by Crippen LogP contribution is -2.21.